The van der Waals surface area contributed by atoms with E-state index in [0.29, 0.717) is 0 Å². The number of nitrogens with zero attached hydrogens (tertiary/aromatic N) is 1. The Bertz CT molecular complexity index is 909. The first-order valence-electron chi connectivity index (χ1n) is 8.91. The summed E-state index contributed by atoms with van der Waals surface area (Å²) in [7, 11) is -3.66. The lowest BCUT2D eigenvalue weighted by atomic mass is 9.87. The third-order valence-electron chi connectivity index (χ3n) is 5.30. The molecule has 0 bridgehead atoms. The van der Waals surface area contributed by atoms with Gasteiger partial charge in [0.15, 0.2) is 0 Å². The smallest absolute Gasteiger partial charge is 0.238 e. The van der Waals surface area contributed by atoms with E-state index < -0.39 is 10.0 Å². The average Bonchev–Trinajstić information content (AvgIpc) is 2.61. The fourth-order valence-electron chi connectivity index (χ4n) is 3.99. The van der Waals surface area contributed by atoms with Gasteiger partial charge in [0.1, 0.15) is 5.82 Å². The third-order valence-corrected chi connectivity index (χ3v) is 6.22. The van der Waals surface area contributed by atoms with E-state index in [1.54, 1.807) is 12.1 Å². The third kappa shape index (κ3) is 3.41. The second kappa shape index (κ2) is 6.42. The molecule has 2 aromatic rings. The molecule has 1 heterocycles. The van der Waals surface area contributed by atoms with Crippen LogP contribution in [0.3, 0.4) is 0 Å². The van der Waals surface area contributed by atoms with Crippen LogP contribution in [0.25, 0.3) is 0 Å². The summed E-state index contributed by atoms with van der Waals surface area (Å²) in [6.45, 7) is 0. The second-order valence-corrected chi connectivity index (χ2v) is 8.60. The van der Waals surface area contributed by atoms with Crippen LogP contribution in [0.1, 0.15) is 54.0 Å². The molecule has 0 saturated heterocycles. The van der Waals surface area contributed by atoms with Crippen molar-refractivity contribution in [2.24, 2.45) is 5.14 Å². The maximum absolute atomic E-state index is 11.6. The highest BCUT2D eigenvalue weighted by molar-refractivity contribution is 7.89. The van der Waals surface area contributed by atoms with Crippen LogP contribution in [0.4, 0.5) is 5.82 Å². The monoisotopic (exact) mass is 357 g/mol. The molecular formula is C19H23N3O2S. The number of nitrogens with one attached hydrogen (secondary N) is 1. The molecule has 6 heteroatoms. The molecule has 1 atom stereocenters. The summed E-state index contributed by atoms with van der Waals surface area (Å²) < 4.78 is 23.2. The van der Waals surface area contributed by atoms with Crippen molar-refractivity contribution in [2.75, 3.05) is 5.32 Å². The van der Waals surface area contributed by atoms with Crippen LogP contribution < -0.4 is 10.5 Å². The summed E-state index contributed by atoms with van der Waals surface area (Å²) in [6.07, 6.45) is 9.68. The number of aromatic nitrogens is 1. The number of hydrogen-bond donors (Lipinski definition) is 2. The summed E-state index contributed by atoms with van der Waals surface area (Å²) >= 11 is 0. The number of nitrogens with two attached hydrogens (primary N) is 1. The highest BCUT2D eigenvalue weighted by Gasteiger charge is 2.22. The minimum Gasteiger partial charge on any atom is -0.363 e. The Labute approximate surface area is 148 Å². The molecule has 132 valence electrons. The molecule has 25 heavy (non-hydrogen) atoms. The Balaban J connectivity index is 1.61. The number of fused-ring (bicyclic) bond motifs is 2. The highest BCUT2D eigenvalue weighted by atomic mass is 32.2. The zero-order valence-corrected chi connectivity index (χ0v) is 15.0. The molecule has 0 aliphatic heterocycles. The molecule has 0 fully saturated rings. The molecule has 0 spiro atoms. The molecule has 4 rings (SSSR count). The molecule has 1 aromatic carbocycles. The largest absolute Gasteiger partial charge is 0.363 e. The summed E-state index contributed by atoms with van der Waals surface area (Å²) in [4.78, 5) is 4.78. The van der Waals surface area contributed by atoms with Crippen molar-refractivity contribution in [3.63, 3.8) is 0 Å². The highest BCUT2D eigenvalue weighted by Crippen LogP contribution is 2.34. The van der Waals surface area contributed by atoms with Gasteiger partial charge < -0.3 is 5.32 Å². The second-order valence-electron chi connectivity index (χ2n) is 7.04. The van der Waals surface area contributed by atoms with E-state index in [9.17, 15) is 8.42 Å². The average molecular weight is 357 g/mol. The Hall–Kier alpha value is -1.92. The van der Waals surface area contributed by atoms with Gasteiger partial charge in [-0.05, 0) is 85.4 Å². The van der Waals surface area contributed by atoms with E-state index in [1.165, 1.54) is 24.0 Å². The molecule has 1 aromatic heterocycles. The normalized spacial score (nSPS) is 19.8. The SMILES string of the molecule is NS(=O)(=O)c1ccc2c(c1)CCCC2Nc1cc2c(cn1)CCCC2. The minimum atomic E-state index is -3.66. The van der Waals surface area contributed by atoms with E-state index in [2.05, 4.69) is 16.4 Å². The summed E-state index contributed by atoms with van der Waals surface area (Å²) in [5, 5.41) is 8.81. The first-order chi connectivity index (χ1) is 12.0. The summed E-state index contributed by atoms with van der Waals surface area (Å²) in [5.41, 5.74) is 4.99. The van der Waals surface area contributed by atoms with E-state index in [4.69, 9.17) is 5.14 Å². The van der Waals surface area contributed by atoms with Gasteiger partial charge >= 0.3 is 0 Å². The Kier molecular flexibility index (Phi) is 4.25. The fourth-order valence-corrected chi connectivity index (χ4v) is 4.55. The molecule has 5 nitrogen and oxygen atoms in total. The zero-order valence-electron chi connectivity index (χ0n) is 14.2. The first kappa shape index (κ1) is 16.5. The van der Waals surface area contributed by atoms with E-state index in [1.807, 2.05) is 12.3 Å². The van der Waals surface area contributed by atoms with Crippen molar-refractivity contribution in [2.45, 2.75) is 55.9 Å². The van der Waals surface area contributed by atoms with Gasteiger partial charge in [-0.3, -0.25) is 0 Å². The van der Waals surface area contributed by atoms with Crippen molar-refractivity contribution in [1.29, 1.82) is 0 Å². The lowest BCUT2D eigenvalue weighted by molar-refractivity contribution is 0.589. The van der Waals surface area contributed by atoms with Gasteiger partial charge in [-0.1, -0.05) is 6.07 Å². The quantitative estimate of drug-likeness (QED) is 0.884. The van der Waals surface area contributed by atoms with Crippen LogP contribution in [0.5, 0.6) is 0 Å². The van der Waals surface area contributed by atoms with Gasteiger partial charge in [-0.2, -0.15) is 0 Å². The van der Waals surface area contributed by atoms with Gasteiger partial charge in [0.25, 0.3) is 0 Å². The van der Waals surface area contributed by atoms with Crippen LogP contribution in [0.2, 0.25) is 0 Å². The van der Waals surface area contributed by atoms with Gasteiger partial charge in [0.05, 0.1) is 10.9 Å². The van der Waals surface area contributed by atoms with Crippen molar-refractivity contribution >= 4 is 15.8 Å². The van der Waals surface area contributed by atoms with Crippen molar-refractivity contribution < 1.29 is 8.42 Å². The molecule has 0 amide bonds. The first-order valence-corrected chi connectivity index (χ1v) is 10.5. The molecule has 1 unspecified atom stereocenters. The number of hydrogen-bond acceptors (Lipinski definition) is 4. The Morgan fingerprint density at radius 3 is 2.56 bits per heavy atom. The van der Waals surface area contributed by atoms with Crippen LogP contribution in [-0.4, -0.2) is 13.4 Å². The Morgan fingerprint density at radius 2 is 1.76 bits per heavy atom. The molecule has 2 aliphatic carbocycles. The fraction of sp³-hybridized carbons (Fsp3) is 0.421. The number of primary sulfonamides is 1. The minimum absolute atomic E-state index is 0.160. The van der Waals surface area contributed by atoms with Crippen LogP contribution in [0.15, 0.2) is 35.4 Å². The van der Waals surface area contributed by atoms with Crippen molar-refractivity contribution in [3.8, 4) is 0 Å². The summed E-state index contributed by atoms with van der Waals surface area (Å²) in [5.74, 6) is 0.911. The van der Waals surface area contributed by atoms with E-state index >= 15 is 0 Å². The molecule has 2 aliphatic rings. The number of aryl methyl sites for hydroxylation is 3. The number of anilines is 1. The number of rotatable bonds is 3. The van der Waals surface area contributed by atoms with Gasteiger partial charge in [-0.15, -0.1) is 0 Å². The van der Waals surface area contributed by atoms with Crippen molar-refractivity contribution in [1.82, 2.24) is 4.98 Å². The van der Waals surface area contributed by atoms with E-state index in [-0.39, 0.29) is 10.9 Å². The lowest BCUT2D eigenvalue weighted by Crippen LogP contribution is -2.20. The summed E-state index contributed by atoms with van der Waals surface area (Å²) in [6, 6.07) is 7.56. The van der Waals surface area contributed by atoms with Crippen LogP contribution >= 0.6 is 0 Å². The van der Waals surface area contributed by atoms with Gasteiger partial charge in [-0.25, -0.2) is 18.5 Å². The predicted molar refractivity (Wildman–Crippen MR) is 98.0 cm³/mol. The standard InChI is InChI=1S/C19H23N3O2S/c20-25(23,24)16-8-9-17-14(10-16)6-3-7-18(17)22-19-11-13-4-1-2-5-15(13)12-21-19/h8-12,18H,1-7H2,(H,21,22)(H2,20,23,24). The lowest BCUT2D eigenvalue weighted by Gasteiger charge is -2.28. The maximum Gasteiger partial charge on any atom is 0.238 e. The van der Waals surface area contributed by atoms with E-state index in [0.717, 1.165) is 49.0 Å². The van der Waals surface area contributed by atoms with Gasteiger partial charge in [0, 0.05) is 6.20 Å². The maximum atomic E-state index is 11.6. The van der Waals surface area contributed by atoms with Crippen LogP contribution in [-0.2, 0) is 29.3 Å². The topological polar surface area (TPSA) is 85.1 Å². The number of sulfonamides is 1. The predicted octanol–water partition coefficient (Wildman–Crippen LogP) is 3.10. The zero-order chi connectivity index (χ0) is 17.4. The molecule has 0 saturated carbocycles. The number of benzene rings is 1. The van der Waals surface area contributed by atoms with Gasteiger partial charge in [0.2, 0.25) is 10.0 Å². The molecular weight excluding hydrogens is 334 g/mol. The number of pyridine rings is 1. The van der Waals surface area contributed by atoms with Crippen LogP contribution in [0, 0.1) is 0 Å². The molecule has 3 N–H and O–H groups in total. The Morgan fingerprint density at radius 1 is 1.00 bits per heavy atom. The molecule has 0 radical (unpaired) electrons. The van der Waals surface area contributed by atoms with Crippen molar-refractivity contribution in [3.05, 3.63) is 52.7 Å².